The van der Waals surface area contributed by atoms with Gasteiger partial charge in [0.05, 0.1) is 12.5 Å². The van der Waals surface area contributed by atoms with Gasteiger partial charge in [-0.05, 0) is 12.8 Å². The van der Waals surface area contributed by atoms with Gasteiger partial charge >= 0.3 is 5.97 Å². The van der Waals surface area contributed by atoms with Crippen molar-refractivity contribution in [2.24, 2.45) is 0 Å². The van der Waals surface area contributed by atoms with Crippen LogP contribution in [0.1, 0.15) is 46.0 Å². The number of carbonyl (C=O) groups is 1. The fraction of sp³-hybridized carbons (Fsp3) is 0.800. The number of nitrogens with zero attached hydrogens (tertiary/aromatic N) is 1. The summed E-state index contributed by atoms with van der Waals surface area (Å²) in [5.74, 6) is -3.24. The Hall–Kier alpha value is -1.12. The second-order valence-electron chi connectivity index (χ2n) is 3.17. The third-order valence-corrected chi connectivity index (χ3v) is 1.64. The van der Waals surface area contributed by atoms with Crippen LogP contribution >= 0.6 is 0 Å². The zero-order chi connectivity index (χ0) is 12.3. The van der Waals surface area contributed by atoms with Crippen LogP contribution < -0.4 is 0 Å². The molecule has 0 spiro atoms. The monoisotopic (exact) mass is 217 g/mol. The third kappa shape index (κ3) is 15.6. The molecule has 0 unspecified atom stereocenters. The van der Waals surface area contributed by atoms with Gasteiger partial charge in [-0.15, -0.1) is 0 Å². The van der Waals surface area contributed by atoms with Gasteiger partial charge in [0.25, 0.3) is 0 Å². The molecule has 0 rings (SSSR count). The molecule has 0 aliphatic carbocycles. The largest absolute Gasteiger partial charge is 0.481 e. The molecule has 0 radical (unpaired) electrons. The molecule has 0 aromatic heterocycles. The SMILES string of the molecule is CCC(O)(O)CC(=O)O.CCCCC#N. The van der Waals surface area contributed by atoms with E-state index in [1.54, 1.807) is 0 Å². The minimum Gasteiger partial charge on any atom is -0.481 e. The van der Waals surface area contributed by atoms with E-state index < -0.39 is 18.2 Å². The van der Waals surface area contributed by atoms with E-state index in [9.17, 15) is 4.79 Å². The first-order valence-corrected chi connectivity index (χ1v) is 4.93. The van der Waals surface area contributed by atoms with Gasteiger partial charge in [-0.25, -0.2) is 0 Å². The lowest BCUT2D eigenvalue weighted by Crippen LogP contribution is -2.29. The lowest BCUT2D eigenvalue weighted by molar-refractivity contribution is -0.182. The van der Waals surface area contributed by atoms with Gasteiger partial charge in [0.1, 0.15) is 0 Å². The minimum absolute atomic E-state index is 0.0271. The van der Waals surface area contributed by atoms with Crippen molar-refractivity contribution in [2.75, 3.05) is 0 Å². The molecular formula is C10H19NO4. The van der Waals surface area contributed by atoms with E-state index in [4.69, 9.17) is 20.6 Å². The quantitative estimate of drug-likeness (QED) is 0.475. The van der Waals surface area contributed by atoms with E-state index in [2.05, 4.69) is 13.0 Å². The van der Waals surface area contributed by atoms with Crippen LogP contribution in [-0.4, -0.2) is 27.1 Å². The molecule has 0 aliphatic heterocycles. The zero-order valence-electron chi connectivity index (χ0n) is 9.23. The topological polar surface area (TPSA) is 102 Å². The number of aliphatic carboxylic acids is 1. The molecule has 0 aliphatic rings. The standard InChI is InChI=1S/C5H9N.C5H10O4/c1-2-3-4-5-6;1-2-5(8,9)3-4(6)7/h2-4H2,1H3;8-9H,2-3H2,1H3,(H,6,7). The van der Waals surface area contributed by atoms with Gasteiger partial charge in [0, 0.05) is 6.42 Å². The number of rotatable bonds is 5. The summed E-state index contributed by atoms with van der Waals surface area (Å²) in [5, 5.41) is 33.3. The van der Waals surface area contributed by atoms with Gasteiger partial charge in [-0.1, -0.05) is 20.3 Å². The van der Waals surface area contributed by atoms with Crippen LogP contribution in [0.2, 0.25) is 0 Å². The Morgan fingerprint density at radius 2 is 1.93 bits per heavy atom. The maximum Gasteiger partial charge on any atom is 0.308 e. The average molecular weight is 217 g/mol. The summed E-state index contributed by atoms with van der Waals surface area (Å²) < 4.78 is 0. The van der Waals surface area contributed by atoms with Crippen molar-refractivity contribution in [2.45, 2.75) is 51.7 Å². The van der Waals surface area contributed by atoms with Crippen molar-refractivity contribution in [1.29, 1.82) is 5.26 Å². The Balaban J connectivity index is 0. The first kappa shape index (κ1) is 16.3. The highest BCUT2D eigenvalue weighted by atomic mass is 16.5. The molecule has 15 heavy (non-hydrogen) atoms. The summed E-state index contributed by atoms with van der Waals surface area (Å²) in [4.78, 5) is 9.85. The molecule has 0 amide bonds. The third-order valence-electron chi connectivity index (χ3n) is 1.64. The number of carboxylic acids is 1. The summed E-state index contributed by atoms with van der Waals surface area (Å²) in [6.07, 6.45) is 2.31. The number of unbranched alkanes of at least 4 members (excludes halogenated alkanes) is 2. The summed E-state index contributed by atoms with van der Waals surface area (Å²) in [6.45, 7) is 3.58. The Morgan fingerprint density at radius 3 is 2.07 bits per heavy atom. The summed E-state index contributed by atoms with van der Waals surface area (Å²) in [6, 6.07) is 2.07. The van der Waals surface area contributed by atoms with Crippen LogP contribution in [0.5, 0.6) is 0 Å². The van der Waals surface area contributed by atoms with E-state index in [1.165, 1.54) is 6.92 Å². The highest BCUT2D eigenvalue weighted by Gasteiger charge is 2.23. The maximum atomic E-state index is 9.85. The van der Waals surface area contributed by atoms with Gasteiger partial charge in [-0.2, -0.15) is 5.26 Å². The number of nitriles is 1. The van der Waals surface area contributed by atoms with Crippen LogP contribution in [0, 0.1) is 11.3 Å². The van der Waals surface area contributed by atoms with E-state index >= 15 is 0 Å². The van der Waals surface area contributed by atoms with E-state index in [0.717, 1.165) is 19.3 Å². The molecule has 0 aromatic rings. The molecule has 0 aromatic carbocycles. The number of carboxylic acid groups (broad SMARTS) is 1. The van der Waals surface area contributed by atoms with Crippen molar-refractivity contribution < 1.29 is 20.1 Å². The Morgan fingerprint density at radius 1 is 1.40 bits per heavy atom. The summed E-state index contributed by atoms with van der Waals surface area (Å²) in [7, 11) is 0. The summed E-state index contributed by atoms with van der Waals surface area (Å²) in [5.41, 5.74) is 0. The van der Waals surface area contributed by atoms with Crippen molar-refractivity contribution in [3.8, 4) is 6.07 Å². The summed E-state index contributed by atoms with van der Waals surface area (Å²) >= 11 is 0. The Kier molecular flexibility index (Phi) is 10.3. The predicted octanol–water partition coefficient (Wildman–Crippen LogP) is 1.25. The molecule has 5 nitrogen and oxygen atoms in total. The molecule has 0 atom stereocenters. The molecule has 88 valence electrons. The first-order chi connectivity index (χ1) is 6.89. The van der Waals surface area contributed by atoms with Gasteiger partial charge in [-0.3, -0.25) is 4.79 Å². The van der Waals surface area contributed by atoms with Gasteiger partial charge in [0.2, 0.25) is 0 Å². The zero-order valence-corrected chi connectivity index (χ0v) is 9.23. The predicted molar refractivity (Wildman–Crippen MR) is 54.9 cm³/mol. The fourth-order valence-corrected chi connectivity index (χ4v) is 0.623. The molecule has 0 heterocycles. The second-order valence-corrected chi connectivity index (χ2v) is 3.17. The first-order valence-electron chi connectivity index (χ1n) is 4.93. The number of aliphatic hydroxyl groups is 2. The molecule has 0 bridgehead atoms. The molecule has 0 saturated carbocycles. The molecule has 0 saturated heterocycles. The van der Waals surface area contributed by atoms with Crippen LogP contribution in [-0.2, 0) is 4.79 Å². The lowest BCUT2D eigenvalue weighted by atomic mass is 10.1. The van der Waals surface area contributed by atoms with Crippen molar-refractivity contribution in [1.82, 2.24) is 0 Å². The molecule has 3 N–H and O–H groups in total. The van der Waals surface area contributed by atoms with Crippen LogP contribution in [0.3, 0.4) is 0 Å². The second kappa shape index (κ2) is 9.44. The molecule has 0 fully saturated rings. The minimum atomic E-state index is -2.04. The number of hydrogen-bond acceptors (Lipinski definition) is 4. The average Bonchev–Trinajstić information content (AvgIpc) is 2.14. The van der Waals surface area contributed by atoms with E-state index in [-0.39, 0.29) is 6.42 Å². The maximum absolute atomic E-state index is 9.85. The smallest absolute Gasteiger partial charge is 0.308 e. The van der Waals surface area contributed by atoms with Crippen molar-refractivity contribution in [3.05, 3.63) is 0 Å². The normalized spacial score (nSPS) is 9.80. The van der Waals surface area contributed by atoms with Crippen LogP contribution in [0.4, 0.5) is 0 Å². The van der Waals surface area contributed by atoms with Crippen LogP contribution in [0.25, 0.3) is 0 Å². The van der Waals surface area contributed by atoms with Crippen molar-refractivity contribution >= 4 is 5.97 Å². The van der Waals surface area contributed by atoms with Crippen molar-refractivity contribution in [3.63, 3.8) is 0 Å². The van der Waals surface area contributed by atoms with Crippen LogP contribution in [0.15, 0.2) is 0 Å². The van der Waals surface area contributed by atoms with Gasteiger partial charge < -0.3 is 15.3 Å². The lowest BCUT2D eigenvalue weighted by Gasteiger charge is -2.15. The fourth-order valence-electron chi connectivity index (χ4n) is 0.623. The van der Waals surface area contributed by atoms with E-state index in [1.807, 2.05) is 0 Å². The molecule has 5 heteroatoms. The Bertz CT molecular complexity index is 208. The Labute approximate surface area is 90.0 Å². The van der Waals surface area contributed by atoms with Gasteiger partial charge in [0.15, 0.2) is 5.79 Å². The highest BCUT2D eigenvalue weighted by molar-refractivity contribution is 5.67. The number of hydrogen-bond donors (Lipinski definition) is 3. The van der Waals surface area contributed by atoms with E-state index in [0.29, 0.717) is 0 Å². The molecular weight excluding hydrogens is 198 g/mol. The highest BCUT2D eigenvalue weighted by Crippen LogP contribution is 2.09.